The summed E-state index contributed by atoms with van der Waals surface area (Å²) in [6.07, 6.45) is 2.26. The first-order valence-corrected chi connectivity index (χ1v) is 14.8. The molecule has 2 rings (SSSR count). The Morgan fingerprint density at radius 1 is 0.946 bits per heavy atom. The van der Waals surface area contributed by atoms with Gasteiger partial charge in [0.2, 0.25) is 21.8 Å². The molecule has 2 atom stereocenters. The highest BCUT2D eigenvalue weighted by Gasteiger charge is 2.32. The van der Waals surface area contributed by atoms with E-state index in [1.54, 1.807) is 12.1 Å². The summed E-state index contributed by atoms with van der Waals surface area (Å²) in [6, 6.07) is 14.2. The molecule has 0 radical (unpaired) electrons. The maximum absolute atomic E-state index is 13.8. The highest BCUT2D eigenvalue weighted by Crippen LogP contribution is 2.26. The van der Waals surface area contributed by atoms with Crippen molar-refractivity contribution in [1.82, 2.24) is 10.2 Å². The third-order valence-corrected chi connectivity index (χ3v) is 7.70. The molecule has 0 saturated carbocycles. The van der Waals surface area contributed by atoms with Gasteiger partial charge in [-0.05, 0) is 55.4 Å². The first kappa shape index (κ1) is 30.4. The van der Waals surface area contributed by atoms with Crippen LogP contribution in [0.3, 0.4) is 0 Å². The van der Waals surface area contributed by atoms with Gasteiger partial charge in [0.25, 0.3) is 0 Å². The van der Waals surface area contributed by atoms with Crippen LogP contribution in [0.4, 0.5) is 5.69 Å². The molecule has 0 fully saturated rings. The third-order valence-electron chi connectivity index (χ3n) is 6.56. The van der Waals surface area contributed by atoms with E-state index in [0.29, 0.717) is 12.1 Å². The molecule has 0 aliphatic heterocycles. The number of nitrogens with zero attached hydrogens (tertiary/aromatic N) is 2. The Labute approximate surface area is 223 Å². The van der Waals surface area contributed by atoms with Gasteiger partial charge in [0.1, 0.15) is 12.6 Å². The SMILES string of the molecule is CC[C@H](C(=O)N[C@@H](C)CC)N(Cc1ccc(C)cc1)C(=O)CN(c1ccc(C(C)(C)C)cc1)S(C)(=O)=O. The molecule has 2 aromatic carbocycles. The number of amides is 2. The summed E-state index contributed by atoms with van der Waals surface area (Å²) in [6.45, 7) is 13.8. The van der Waals surface area contributed by atoms with Gasteiger partial charge < -0.3 is 10.2 Å². The maximum Gasteiger partial charge on any atom is 0.244 e. The minimum Gasteiger partial charge on any atom is -0.352 e. The molecule has 0 aliphatic carbocycles. The smallest absolute Gasteiger partial charge is 0.244 e. The van der Waals surface area contributed by atoms with Crippen LogP contribution >= 0.6 is 0 Å². The Balaban J connectivity index is 2.44. The van der Waals surface area contributed by atoms with Crippen LogP contribution in [0, 0.1) is 6.92 Å². The van der Waals surface area contributed by atoms with E-state index >= 15 is 0 Å². The second-order valence-corrected chi connectivity index (χ2v) is 12.7. The summed E-state index contributed by atoms with van der Waals surface area (Å²) in [5.41, 5.74) is 3.34. The molecular formula is C29H43N3O4S. The van der Waals surface area contributed by atoms with Crippen LogP contribution in [0.5, 0.6) is 0 Å². The number of benzene rings is 2. The van der Waals surface area contributed by atoms with Crippen LogP contribution in [-0.2, 0) is 31.6 Å². The number of nitrogens with one attached hydrogen (secondary N) is 1. The number of sulfonamides is 1. The van der Waals surface area contributed by atoms with Crippen molar-refractivity contribution in [2.24, 2.45) is 0 Å². The fraction of sp³-hybridized carbons (Fsp3) is 0.517. The number of rotatable bonds is 11. The summed E-state index contributed by atoms with van der Waals surface area (Å²) < 4.78 is 26.7. The van der Waals surface area contributed by atoms with Gasteiger partial charge in [0.05, 0.1) is 11.9 Å². The van der Waals surface area contributed by atoms with Crippen molar-refractivity contribution in [2.45, 2.75) is 85.4 Å². The molecule has 204 valence electrons. The van der Waals surface area contributed by atoms with Crippen LogP contribution in [0.2, 0.25) is 0 Å². The standard InChI is InChI=1S/C29H43N3O4S/c1-9-22(4)30-28(34)26(10-2)31(19-23-13-11-21(3)12-14-23)27(33)20-32(37(8,35)36)25-17-15-24(16-18-25)29(5,6)7/h11-18,22,26H,9-10,19-20H2,1-8H3,(H,30,34)/t22-,26+/m0/s1. The average Bonchev–Trinajstić information content (AvgIpc) is 2.82. The number of hydrogen-bond acceptors (Lipinski definition) is 4. The molecule has 0 aromatic heterocycles. The fourth-order valence-corrected chi connectivity index (χ4v) is 4.84. The monoisotopic (exact) mass is 529 g/mol. The predicted octanol–water partition coefficient (Wildman–Crippen LogP) is 4.78. The van der Waals surface area contributed by atoms with Gasteiger partial charge in [0, 0.05) is 12.6 Å². The lowest BCUT2D eigenvalue weighted by molar-refractivity contribution is -0.140. The number of carbonyl (C=O) groups is 2. The van der Waals surface area contributed by atoms with E-state index in [9.17, 15) is 18.0 Å². The highest BCUT2D eigenvalue weighted by atomic mass is 32.2. The second kappa shape index (κ2) is 12.6. The fourth-order valence-electron chi connectivity index (χ4n) is 3.99. The molecule has 0 spiro atoms. The zero-order valence-corrected chi connectivity index (χ0v) is 24.4. The topological polar surface area (TPSA) is 86.8 Å². The lowest BCUT2D eigenvalue weighted by atomic mass is 9.87. The summed E-state index contributed by atoms with van der Waals surface area (Å²) in [4.78, 5) is 28.5. The molecule has 0 bridgehead atoms. The van der Waals surface area contributed by atoms with Crippen LogP contribution < -0.4 is 9.62 Å². The van der Waals surface area contributed by atoms with E-state index < -0.39 is 28.5 Å². The van der Waals surface area contributed by atoms with E-state index in [1.807, 2.05) is 64.1 Å². The first-order valence-electron chi connectivity index (χ1n) is 12.9. The van der Waals surface area contributed by atoms with Crippen molar-refractivity contribution in [3.63, 3.8) is 0 Å². The lowest BCUT2D eigenvalue weighted by Gasteiger charge is -2.33. The van der Waals surface area contributed by atoms with Crippen molar-refractivity contribution in [3.8, 4) is 0 Å². The summed E-state index contributed by atoms with van der Waals surface area (Å²) in [5, 5.41) is 2.98. The van der Waals surface area contributed by atoms with Crippen LogP contribution in [0.25, 0.3) is 0 Å². The van der Waals surface area contributed by atoms with Crippen molar-refractivity contribution >= 4 is 27.5 Å². The maximum atomic E-state index is 13.8. The van der Waals surface area contributed by atoms with E-state index in [-0.39, 0.29) is 23.9 Å². The number of anilines is 1. The zero-order chi connectivity index (χ0) is 28.0. The molecule has 0 unspecified atom stereocenters. The van der Waals surface area contributed by atoms with Gasteiger partial charge in [0.15, 0.2) is 0 Å². The van der Waals surface area contributed by atoms with E-state index in [2.05, 4.69) is 26.1 Å². The average molecular weight is 530 g/mol. The Kier molecular flexibility index (Phi) is 10.3. The molecule has 0 heterocycles. The molecule has 8 heteroatoms. The summed E-state index contributed by atoms with van der Waals surface area (Å²) in [5.74, 6) is -0.671. The summed E-state index contributed by atoms with van der Waals surface area (Å²) in [7, 11) is -3.76. The second-order valence-electron chi connectivity index (χ2n) is 10.8. The first-order chi connectivity index (χ1) is 17.2. The summed E-state index contributed by atoms with van der Waals surface area (Å²) >= 11 is 0. The predicted molar refractivity (Wildman–Crippen MR) is 151 cm³/mol. The molecule has 2 amide bonds. The molecular weight excluding hydrogens is 486 g/mol. The van der Waals surface area contributed by atoms with Gasteiger partial charge in [-0.1, -0.05) is 76.6 Å². The van der Waals surface area contributed by atoms with E-state index in [0.717, 1.165) is 33.7 Å². The third kappa shape index (κ3) is 8.59. The van der Waals surface area contributed by atoms with Crippen molar-refractivity contribution in [3.05, 3.63) is 65.2 Å². The van der Waals surface area contributed by atoms with Crippen molar-refractivity contribution in [1.29, 1.82) is 0 Å². The van der Waals surface area contributed by atoms with E-state index in [1.165, 1.54) is 4.90 Å². The molecule has 37 heavy (non-hydrogen) atoms. The number of aryl methyl sites for hydroxylation is 1. The quantitative estimate of drug-likeness (QED) is 0.454. The zero-order valence-electron chi connectivity index (χ0n) is 23.5. The number of carbonyl (C=O) groups excluding carboxylic acids is 2. The Morgan fingerprint density at radius 3 is 1.97 bits per heavy atom. The molecule has 0 aliphatic rings. The molecule has 1 N–H and O–H groups in total. The van der Waals surface area contributed by atoms with E-state index in [4.69, 9.17) is 0 Å². The molecule has 2 aromatic rings. The van der Waals surface area contributed by atoms with Crippen molar-refractivity contribution < 1.29 is 18.0 Å². The van der Waals surface area contributed by atoms with Crippen LogP contribution in [0.1, 0.15) is 71.1 Å². The van der Waals surface area contributed by atoms with Crippen LogP contribution in [0.15, 0.2) is 48.5 Å². The Morgan fingerprint density at radius 2 is 1.51 bits per heavy atom. The largest absolute Gasteiger partial charge is 0.352 e. The number of hydrogen-bond donors (Lipinski definition) is 1. The van der Waals surface area contributed by atoms with Gasteiger partial charge in [-0.3, -0.25) is 13.9 Å². The lowest BCUT2D eigenvalue weighted by Crippen LogP contribution is -2.53. The van der Waals surface area contributed by atoms with Gasteiger partial charge in [-0.25, -0.2) is 8.42 Å². The minimum absolute atomic E-state index is 0.0354. The van der Waals surface area contributed by atoms with Gasteiger partial charge in [-0.2, -0.15) is 0 Å². The minimum atomic E-state index is -3.76. The van der Waals surface area contributed by atoms with Crippen molar-refractivity contribution in [2.75, 3.05) is 17.1 Å². The van der Waals surface area contributed by atoms with Gasteiger partial charge in [-0.15, -0.1) is 0 Å². The normalized spacial score (nSPS) is 13.5. The van der Waals surface area contributed by atoms with Gasteiger partial charge >= 0.3 is 0 Å². The van der Waals surface area contributed by atoms with Crippen LogP contribution in [-0.4, -0.2) is 50.0 Å². The molecule has 7 nitrogen and oxygen atoms in total. The Hall–Kier alpha value is -2.87. The highest BCUT2D eigenvalue weighted by molar-refractivity contribution is 7.92. The Bertz CT molecular complexity index is 1150. The molecule has 0 saturated heterocycles.